The predicted octanol–water partition coefficient (Wildman–Crippen LogP) is 1.38. The number of allylic oxidation sites excluding steroid dienone is 4. The molecule has 0 fully saturated rings. The van der Waals surface area contributed by atoms with Crippen molar-refractivity contribution in [2.45, 2.75) is 13.3 Å². The van der Waals surface area contributed by atoms with Crippen LogP contribution in [-0.4, -0.2) is 16.8 Å². The summed E-state index contributed by atoms with van der Waals surface area (Å²) in [4.78, 5) is 14.0. The Morgan fingerprint density at radius 3 is 2.67 bits per heavy atom. The minimum absolute atomic E-state index is 0.211. The lowest BCUT2D eigenvalue weighted by molar-refractivity contribution is -0.120. The van der Waals surface area contributed by atoms with E-state index in [0.29, 0.717) is 0 Å². The summed E-state index contributed by atoms with van der Waals surface area (Å²) < 4.78 is 0. The first kappa shape index (κ1) is 8.62. The van der Waals surface area contributed by atoms with E-state index in [4.69, 9.17) is 5.53 Å². The highest BCUT2D eigenvalue weighted by atomic mass is 16.1. The molecular formula is C9H10N2O. The summed E-state index contributed by atoms with van der Waals surface area (Å²) in [6, 6.07) is 0. The van der Waals surface area contributed by atoms with E-state index in [-0.39, 0.29) is 5.78 Å². The highest BCUT2D eigenvalue weighted by molar-refractivity contribution is 6.29. The maximum Gasteiger partial charge on any atom is 0.324 e. The maximum atomic E-state index is 11.3. The maximum absolute atomic E-state index is 11.3. The number of Topliss-reactive ketones (excluding diaryl/α,β-unsaturated/α-hetero) is 1. The van der Waals surface area contributed by atoms with Gasteiger partial charge in [-0.2, -0.15) is 4.79 Å². The van der Waals surface area contributed by atoms with Gasteiger partial charge in [-0.15, -0.1) is 0 Å². The topological polar surface area (TPSA) is 53.5 Å². The van der Waals surface area contributed by atoms with Crippen LogP contribution in [0.5, 0.6) is 0 Å². The SMILES string of the molecule is CC1(C(=O)C=[N+]=[N-])C=CCC=C1. The number of rotatable bonds is 2. The number of hydrogen-bond acceptors (Lipinski definition) is 1. The molecule has 62 valence electrons. The Morgan fingerprint density at radius 1 is 1.58 bits per heavy atom. The van der Waals surface area contributed by atoms with Gasteiger partial charge in [-0.3, -0.25) is 4.79 Å². The van der Waals surface area contributed by atoms with Crippen molar-refractivity contribution in [3.05, 3.63) is 29.8 Å². The third-order valence-corrected chi connectivity index (χ3v) is 1.91. The molecule has 0 amide bonds. The summed E-state index contributed by atoms with van der Waals surface area (Å²) in [5.74, 6) is -0.211. The van der Waals surface area contributed by atoms with Crippen molar-refractivity contribution in [3.8, 4) is 0 Å². The lowest BCUT2D eigenvalue weighted by Crippen LogP contribution is -2.25. The smallest absolute Gasteiger partial charge is 0.324 e. The fraction of sp³-hybridized carbons (Fsp3) is 0.333. The van der Waals surface area contributed by atoms with E-state index < -0.39 is 5.41 Å². The van der Waals surface area contributed by atoms with E-state index in [1.807, 2.05) is 24.3 Å². The lowest BCUT2D eigenvalue weighted by Gasteiger charge is -2.17. The van der Waals surface area contributed by atoms with Gasteiger partial charge in [0, 0.05) is 0 Å². The molecular weight excluding hydrogens is 152 g/mol. The number of carbonyl (C=O) groups excluding carboxylic acids is 1. The molecule has 3 heteroatoms. The molecule has 0 bridgehead atoms. The molecule has 0 radical (unpaired) electrons. The second-order valence-electron chi connectivity index (χ2n) is 2.93. The molecule has 0 saturated heterocycles. The van der Waals surface area contributed by atoms with Gasteiger partial charge < -0.3 is 5.53 Å². The van der Waals surface area contributed by atoms with Crippen LogP contribution >= 0.6 is 0 Å². The van der Waals surface area contributed by atoms with Gasteiger partial charge in [0.05, 0.1) is 5.41 Å². The van der Waals surface area contributed by atoms with Crippen molar-refractivity contribution in [3.63, 3.8) is 0 Å². The quantitative estimate of drug-likeness (QED) is 0.262. The fourth-order valence-electron chi connectivity index (χ4n) is 1.12. The van der Waals surface area contributed by atoms with Crippen LogP contribution in [0.25, 0.3) is 5.53 Å². The van der Waals surface area contributed by atoms with E-state index in [0.717, 1.165) is 12.6 Å². The van der Waals surface area contributed by atoms with E-state index in [1.165, 1.54) is 0 Å². The number of nitrogens with zero attached hydrogens (tertiary/aromatic N) is 2. The van der Waals surface area contributed by atoms with Crippen molar-refractivity contribution in [2.24, 2.45) is 5.41 Å². The summed E-state index contributed by atoms with van der Waals surface area (Å²) in [5, 5.41) is 0. The molecule has 0 N–H and O–H groups in total. The van der Waals surface area contributed by atoms with Crippen LogP contribution in [-0.2, 0) is 4.79 Å². The molecule has 0 spiro atoms. The van der Waals surface area contributed by atoms with Crippen molar-refractivity contribution in [1.29, 1.82) is 0 Å². The van der Waals surface area contributed by atoms with Crippen molar-refractivity contribution in [2.75, 3.05) is 0 Å². The van der Waals surface area contributed by atoms with Gasteiger partial charge in [0.25, 0.3) is 0 Å². The molecule has 0 aliphatic heterocycles. The Labute approximate surface area is 71.0 Å². The molecule has 0 unspecified atom stereocenters. The van der Waals surface area contributed by atoms with E-state index in [9.17, 15) is 4.79 Å². The zero-order chi connectivity index (χ0) is 9.03. The molecule has 1 rings (SSSR count). The Balaban J connectivity index is 2.90. The van der Waals surface area contributed by atoms with E-state index >= 15 is 0 Å². The highest BCUT2D eigenvalue weighted by Gasteiger charge is 2.29. The van der Waals surface area contributed by atoms with Crippen LogP contribution in [0.1, 0.15) is 13.3 Å². The summed E-state index contributed by atoms with van der Waals surface area (Å²) >= 11 is 0. The molecule has 1 aliphatic rings. The van der Waals surface area contributed by atoms with Crippen LogP contribution in [0.2, 0.25) is 0 Å². The normalized spacial score (nSPS) is 18.4. The van der Waals surface area contributed by atoms with Crippen LogP contribution in [0.4, 0.5) is 0 Å². The third kappa shape index (κ3) is 1.57. The molecule has 12 heavy (non-hydrogen) atoms. The molecule has 0 heterocycles. The van der Waals surface area contributed by atoms with Crippen LogP contribution in [0, 0.1) is 5.41 Å². The van der Waals surface area contributed by atoms with Gasteiger partial charge in [0.1, 0.15) is 0 Å². The lowest BCUT2D eigenvalue weighted by atomic mass is 9.82. The molecule has 0 aromatic rings. The zero-order valence-corrected chi connectivity index (χ0v) is 6.90. The summed E-state index contributed by atoms with van der Waals surface area (Å²) in [5.41, 5.74) is 7.56. The van der Waals surface area contributed by atoms with Gasteiger partial charge in [-0.25, -0.2) is 0 Å². The largest absolute Gasteiger partial charge is 0.361 e. The monoisotopic (exact) mass is 162 g/mol. The van der Waals surface area contributed by atoms with Gasteiger partial charge in [-0.1, -0.05) is 24.3 Å². The number of ketones is 1. The molecule has 0 aromatic heterocycles. The molecule has 1 aliphatic carbocycles. The van der Waals surface area contributed by atoms with E-state index in [1.54, 1.807) is 6.92 Å². The minimum atomic E-state index is -0.621. The number of carbonyl (C=O) groups is 1. The van der Waals surface area contributed by atoms with Gasteiger partial charge >= 0.3 is 6.21 Å². The standard InChI is InChI=1S/C9H10N2O/c1-9(8(12)7-11-10)5-3-2-4-6-9/h3-7H,2H2,1H3. The van der Waals surface area contributed by atoms with Gasteiger partial charge in [-0.05, 0) is 13.3 Å². The Hall–Kier alpha value is -1.47. The third-order valence-electron chi connectivity index (χ3n) is 1.91. The molecule has 3 nitrogen and oxygen atoms in total. The van der Waals surface area contributed by atoms with Gasteiger partial charge in [0.2, 0.25) is 5.78 Å². The first-order valence-corrected chi connectivity index (χ1v) is 3.76. The predicted molar refractivity (Wildman–Crippen MR) is 45.7 cm³/mol. The fourth-order valence-corrected chi connectivity index (χ4v) is 1.12. The van der Waals surface area contributed by atoms with Gasteiger partial charge in [0.15, 0.2) is 0 Å². The molecule has 0 atom stereocenters. The van der Waals surface area contributed by atoms with Crippen molar-refractivity contribution < 1.29 is 9.58 Å². The average molecular weight is 162 g/mol. The molecule has 0 aromatic carbocycles. The van der Waals surface area contributed by atoms with Crippen LogP contribution in [0.3, 0.4) is 0 Å². The van der Waals surface area contributed by atoms with E-state index in [2.05, 4.69) is 4.79 Å². The zero-order valence-electron chi connectivity index (χ0n) is 6.90. The highest BCUT2D eigenvalue weighted by Crippen LogP contribution is 2.24. The first-order valence-electron chi connectivity index (χ1n) is 3.76. The Bertz CT molecular complexity index is 284. The second-order valence-corrected chi connectivity index (χ2v) is 2.93. The summed E-state index contributed by atoms with van der Waals surface area (Å²) in [6.07, 6.45) is 9.26. The first-order chi connectivity index (χ1) is 5.69. The van der Waals surface area contributed by atoms with Crippen molar-refractivity contribution >= 4 is 12.0 Å². The van der Waals surface area contributed by atoms with Crippen molar-refractivity contribution in [1.82, 2.24) is 0 Å². The van der Waals surface area contributed by atoms with Crippen LogP contribution in [0.15, 0.2) is 24.3 Å². The minimum Gasteiger partial charge on any atom is -0.361 e. The summed E-state index contributed by atoms with van der Waals surface area (Å²) in [7, 11) is 0. The number of hydrogen-bond donors (Lipinski definition) is 0. The van der Waals surface area contributed by atoms with Crippen LogP contribution < -0.4 is 0 Å². The second kappa shape index (κ2) is 3.28. The Morgan fingerprint density at radius 2 is 2.17 bits per heavy atom. The average Bonchev–Trinajstić information content (AvgIpc) is 2.06. The molecule has 0 saturated carbocycles. The Kier molecular flexibility index (Phi) is 2.36. The summed E-state index contributed by atoms with van der Waals surface area (Å²) in [6.45, 7) is 1.78.